The number of carbonyl (C=O) groups excluding carboxylic acids is 1. The van der Waals surface area contributed by atoms with E-state index in [1.807, 2.05) is 44.2 Å². The molecule has 2 aromatic carbocycles. The zero-order chi connectivity index (χ0) is 15.4. The lowest BCUT2D eigenvalue weighted by Gasteiger charge is -2.13. The van der Waals surface area contributed by atoms with Gasteiger partial charge in [-0.15, -0.1) is 11.8 Å². The van der Waals surface area contributed by atoms with Crippen LogP contribution in [-0.2, 0) is 0 Å². The van der Waals surface area contributed by atoms with Crippen LogP contribution >= 0.6 is 11.8 Å². The van der Waals surface area contributed by atoms with Crippen molar-refractivity contribution in [3.05, 3.63) is 58.7 Å². The highest BCUT2D eigenvalue weighted by molar-refractivity contribution is 7.99. The number of benzene rings is 2. The SMILES string of the molecule is CCSc1ccccc1NC(=O)c1cc(C)c(C)cc1C. The number of para-hydroxylation sites is 1. The van der Waals surface area contributed by atoms with Gasteiger partial charge < -0.3 is 5.32 Å². The van der Waals surface area contributed by atoms with Gasteiger partial charge in [-0.25, -0.2) is 0 Å². The van der Waals surface area contributed by atoms with Crippen LogP contribution in [0.5, 0.6) is 0 Å². The highest BCUT2D eigenvalue weighted by Crippen LogP contribution is 2.27. The molecule has 21 heavy (non-hydrogen) atoms. The molecule has 0 aliphatic heterocycles. The molecule has 2 aromatic rings. The van der Waals surface area contributed by atoms with Crippen molar-refractivity contribution in [2.75, 3.05) is 11.1 Å². The summed E-state index contributed by atoms with van der Waals surface area (Å²) < 4.78 is 0. The van der Waals surface area contributed by atoms with Crippen LogP contribution in [0.4, 0.5) is 5.69 Å². The lowest BCUT2D eigenvalue weighted by Crippen LogP contribution is -2.14. The number of amides is 1. The van der Waals surface area contributed by atoms with Gasteiger partial charge in [0.05, 0.1) is 5.69 Å². The van der Waals surface area contributed by atoms with Gasteiger partial charge in [0.1, 0.15) is 0 Å². The second-order valence-corrected chi connectivity index (χ2v) is 6.44. The number of anilines is 1. The molecule has 0 aromatic heterocycles. The first kappa shape index (κ1) is 15.6. The number of hydrogen-bond donors (Lipinski definition) is 1. The van der Waals surface area contributed by atoms with Gasteiger partial charge in [0.25, 0.3) is 5.91 Å². The fourth-order valence-electron chi connectivity index (χ4n) is 2.25. The van der Waals surface area contributed by atoms with Crippen LogP contribution in [-0.4, -0.2) is 11.7 Å². The summed E-state index contributed by atoms with van der Waals surface area (Å²) in [5.74, 6) is 0.940. The molecule has 110 valence electrons. The Morgan fingerprint density at radius 3 is 2.43 bits per heavy atom. The quantitative estimate of drug-likeness (QED) is 0.807. The molecule has 3 heteroatoms. The Kier molecular flexibility index (Phi) is 5.07. The van der Waals surface area contributed by atoms with E-state index in [0.717, 1.165) is 33.0 Å². The van der Waals surface area contributed by atoms with Crippen molar-refractivity contribution in [1.82, 2.24) is 0 Å². The highest BCUT2D eigenvalue weighted by Gasteiger charge is 2.12. The first-order valence-corrected chi connectivity index (χ1v) is 8.12. The Hall–Kier alpha value is -1.74. The van der Waals surface area contributed by atoms with Crippen LogP contribution in [0.25, 0.3) is 0 Å². The molecule has 1 N–H and O–H groups in total. The summed E-state index contributed by atoms with van der Waals surface area (Å²) in [6.07, 6.45) is 0. The maximum atomic E-state index is 12.5. The molecular formula is C18H21NOS. The first-order chi connectivity index (χ1) is 10.0. The van der Waals surface area contributed by atoms with E-state index in [4.69, 9.17) is 0 Å². The Morgan fingerprint density at radius 2 is 1.71 bits per heavy atom. The molecule has 1 amide bonds. The fraction of sp³-hybridized carbons (Fsp3) is 0.278. The third-order valence-electron chi connectivity index (χ3n) is 3.52. The minimum Gasteiger partial charge on any atom is -0.321 e. The second-order valence-electron chi connectivity index (χ2n) is 5.13. The average molecular weight is 299 g/mol. The van der Waals surface area contributed by atoms with Crippen LogP contribution in [0, 0.1) is 20.8 Å². The molecule has 0 bridgehead atoms. The summed E-state index contributed by atoms with van der Waals surface area (Å²) in [5, 5.41) is 3.04. The fourth-order valence-corrected chi connectivity index (χ4v) is 3.01. The molecule has 0 atom stereocenters. The topological polar surface area (TPSA) is 29.1 Å². The Morgan fingerprint density at radius 1 is 1.05 bits per heavy atom. The zero-order valence-electron chi connectivity index (χ0n) is 13.0. The van der Waals surface area contributed by atoms with Gasteiger partial charge in [0.2, 0.25) is 0 Å². The molecular weight excluding hydrogens is 278 g/mol. The maximum absolute atomic E-state index is 12.5. The predicted molar refractivity (Wildman–Crippen MR) is 91.4 cm³/mol. The molecule has 0 saturated heterocycles. The summed E-state index contributed by atoms with van der Waals surface area (Å²) in [7, 11) is 0. The van der Waals surface area contributed by atoms with Crippen molar-refractivity contribution in [3.63, 3.8) is 0 Å². The Bertz CT molecular complexity index is 664. The molecule has 0 aliphatic carbocycles. The van der Waals surface area contributed by atoms with Gasteiger partial charge in [-0.1, -0.05) is 25.1 Å². The van der Waals surface area contributed by atoms with Crippen LogP contribution in [0.1, 0.15) is 34.0 Å². The monoisotopic (exact) mass is 299 g/mol. The van der Waals surface area contributed by atoms with Gasteiger partial charge >= 0.3 is 0 Å². The van der Waals surface area contributed by atoms with Crippen molar-refractivity contribution in [2.24, 2.45) is 0 Å². The van der Waals surface area contributed by atoms with E-state index in [2.05, 4.69) is 25.2 Å². The van der Waals surface area contributed by atoms with Crippen LogP contribution < -0.4 is 5.32 Å². The number of thioether (sulfide) groups is 1. The summed E-state index contributed by atoms with van der Waals surface area (Å²) in [4.78, 5) is 13.6. The van der Waals surface area contributed by atoms with Gasteiger partial charge in [-0.2, -0.15) is 0 Å². The van der Waals surface area contributed by atoms with Crippen LogP contribution in [0.3, 0.4) is 0 Å². The second kappa shape index (κ2) is 6.81. The average Bonchev–Trinajstić information content (AvgIpc) is 2.45. The summed E-state index contributed by atoms with van der Waals surface area (Å²) in [6.45, 7) is 8.19. The first-order valence-electron chi connectivity index (χ1n) is 7.14. The minimum absolute atomic E-state index is 0.0419. The van der Waals surface area contributed by atoms with Gasteiger partial charge in [-0.3, -0.25) is 4.79 Å². The van der Waals surface area contributed by atoms with E-state index in [0.29, 0.717) is 0 Å². The molecule has 0 spiro atoms. The third-order valence-corrected chi connectivity index (χ3v) is 4.48. The van der Waals surface area contributed by atoms with E-state index in [1.165, 1.54) is 5.56 Å². The van der Waals surface area contributed by atoms with Crippen LogP contribution in [0.2, 0.25) is 0 Å². The van der Waals surface area contributed by atoms with E-state index >= 15 is 0 Å². The van der Waals surface area contributed by atoms with Crippen LogP contribution in [0.15, 0.2) is 41.3 Å². The van der Waals surface area contributed by atoms with Crippen molar-refractivity contribution < 1.29 is 4.79 Å². The molecule has 0 unspecified atom stereocenters. The molecule has 0 aliphatic rings. The summed E-state index contributed by atoms with van der Waals surface area (Å²) >= 11 is 1.73. The Balaban J connectivity index is 2.28. The molecule has 2 nitrogen and oxygen atoms in total. The predicted octanol–water partition coefficient (Wildman–Crippen LogP) is 4.98. The Labute approximate surface area is 131 Å². The number of nitrogens with one attached hydrogen (secondary N) is 1. The highest BCUT2D eigenvalue weighted by atomic mass is 32.2. The maximum Gasteiger partial charge on any atom is 0.255 e. The molecule has 0 radical (unpaired) electrons. The lowest BCUT2D eigenvalue weighted by atomic mass is 10.0. The van der Waals surface area contributed by atoms with Gasteiger partial charge in [-0.05, 0) is 61.4 Å². The third kappa shape index (κ3) is 3.67. The number of carbonyl (C=O) groups is 1. The van der Waals surface area contributed by atoms with Crippen molar-refractivity contribution in [3.8, 4) is 0 Å². The number of rotatable bonds is 4. The summed E-state index contributed by atoms with van der Waals surface area (Å²) in [6, 6.07) is 12.0. The number of aryl methyl sites for hydroxylation is 3. The van der Waals surface area contributed by atoms with Crippen molar-refractivity contribution >= 4 is 23.4 Å². The standard InChI is InChI=1S/C18H21NOS/c1-5-21-17-9-7-6-8-16(17)19-18(20)15-11-13(3)12(2)10-14(15)4/h6-11H,5H2,1-4H3,(H,19,20). The van der Waals surface area contributed by atoms with Gasteiger partial charge in [0, 0.05) is 10.5 Å². The van der Waals surface area contributed by atoms with Gasteiger partial charge in [0.15, 0.2) is 0 Å². The lowest BCUT2D eigenvalue weighted by molar-refractivity contribution is 0.102. The zero-order valence-corrected chi connectivity index (χ0v) is 13.8. The van der Waals surface area contributed by atoms with Crippen molar-refractivity contribution in [2.45, 2.75) is 32.6 Å². The van der Waals surface area contributed by atoms with Crippen molar-refractivity contribution in [1.29, 1.82) is 0 Å². The van der Waals surface area contributed by atoms with E-state index in [-0.39, 0.29) is 5.91 Å². The van der Waals surface area contributed by atoms with E-state index in [1.54, 1.807) is 11.8 Å². The molecule has 0 saturated carbocycles. The molecule has 0 heterocycles. The molecule has 0 fully saturated rings. The minimum atomic E-state index is -0.0419. The summed E-state index contributed by atoms with van der Waals surface area (Å²) in [5.41, 5.74) is 4.99. The largest absolute Gasteiger partial charge is 0.321 e. The van der Waals surface area contributed by atoms with E-state index < -0.39 is 0 Å². The van der Waals surface area contributed by atoms with E-state index in [9.17, 15) is 4.79 Å². The molecule has 2 rings (SSSR count). The normalized spacial score (nSPS) is 10.5. The number of hydrogen-bond acceptors (Lipinski definition) is 2. The smallest absolute Gasteiger partial charge is 0.255 e.